The van der Waals surface area contributed by atoms with Gasteiger partial charge in [0.25, 0.3) is 0 Å². The molecule has 0 rings (SSSR count). The molecule has 0 radical (unpaired) electrons. The van der Waals surface area contributed by atoms with Crippen molar-refractivity contribution < 1.29 is 0 Å². The first kappa shape index (κ1) is 12.9. The van der Waals surface area contributed by atoms with Gasteiger partial charge in [0.05, 0.1) is 0 Å². The molecule has 0 atom stereocenters. The maximum absolute atomic E-state index is 5.41. The number of rotatable bonds is 10. The van der Waals surface area contributed by atoms with Gasteiger partial charge in [0.2, 0.25) is 0 Å². The normalized spacial score (nSPS) is 10.6. The van der Waals surface area contributed by atoms with Gasteiger partial charge in [-0.25, -0.2) is 0 Å². The summed E-state index contributed by atoms with van der Waals surface area (Å²) in [5.74, 6) is 0. The van der Waals surface area contributed by atoms with Crippen molar-refractivity contribution in [3.63, 3.8) is 0 Å². The number of hydrogen-bond donors (Lipinski definition) is 2. The molecule has 0 unspecified atom stereocenters. The van der Waals surface area contributed by atoms with Crippen LogP contribution in [-0.2, 0) is 0 Å². The highest BCUT2D eigenvalue weighted by Gasteiger charge is 1.89. The Morgan fingerprint density at radius 2 is 1.46 bits per heavy atom. The molecule has 0 aromatic heterocycles. The third kappa shape index (κ3) is 11.9. The van der Waals surface area contributed by atoms with E-state index in [9.17, 15) is 0 Å². The van der Waals surface area contributed by atoms with Crippen LogP contribution in [0.15, 0.2) is 0 Å². The van der Waals surface area contributed by atoms with E-state index in [4.69, 9.17) is 5.73 Å². The third-order valence-corrected chi connectivity index (χ3v) is 2.26. The Kier molecular flexibility index (Phi) is 11.8. The highest BCUT2D eigenvalue weighted by molar-refractivity contribution is 4.49. The zero-order valence-electron chi connectivity index (χ0n) is 9.15. The zero-order valence-corrected chi connectivity index (χ0v) is 9.15. The quantitative estimate of drug-likeness (QED) is 0.514. The van der Waals surface area contributed by atoms with E-state index >= 15 is 0 Å². The summed E-state index contributed by atoms with van der Waals surface area (Å²) >= 11 is 0. The Morgan fingerprint density at radius 1 is 0.846 bits per heavy atom. The van der Waals surface area contributed by atoms with Crippen LogP contribution in [-0.4, -0.2) is 19.6 Å². The van der Waals surface area contributed by atoms with Gasteiger partial charge in [-0.05, 0) is 38.9 Å². The van der Waals surface area contributed by atoms with Crippen LogP contribution in [0.2, 0.25) is 0 Å². The monoisotopic (exact) mass is 186 g/mol. The fourth-order valence-electron chi connectivity index (χ4n) is 1.35. The Labute approximate surface area is 83.3 Å². The van der Waals surface area contributed by atoms with Gasteiger partial charge in [0.1, 0.15) is 0 Å². The van der Waals surface area contributed by atoms with Crippen molar-refractivity contribution in [3.8, 4) is 0 Å². The molecular weight excluding hydrogens is 160 g/mol. The summed E-state index contributed by atoms with van der Waals surface area (Å²) in [6.45, 7) is 5.48. The number of hydrogen-bond acceptors (Lipinski definition) is 2. The molecule has 0 aliphatic heterocycles. The van der Waals surface area contributed by atoms with Crippen LogP contribution in [0.25, 0.3) is 0 Å². The Morgan fingerprint density at radius 3 is 2.15 bits per heavy atom. The largest absolute Gasteiger partial charge is 0.330 e. The average molecular weight is 186 g/mol. The first-order valence-corrected chi connectivity index (χ1v) is 5.82. The lowest BCUT2D eigenvalue weighted by Gasteiger charge is -2.03. The SMILES string of the molecule is CCCCNCCCCCCCN. The van der Waals surface area contributed by atoms with Crippen LogP contribution in [0.4, 0.5) is 0 Å². The third-order valence-electron chi connectivity index (χ3n) is 2.26. The molecule has 80 valence electrons. The van der Waals surface area contributed by atoms with Gasteiger partial charge in [-0.3, -0.25) is 0 Å². The molecule has 13 heavy (non-hydrogen) atoms. The zero-order chi connectivity index (χ0) is 9.78. The van der Waals surface area contributed by atoms with Gasteiger partial charge >= 0.3 is 0 Å². The lowest BCUT2D eigenvalue weighted by molar-refractivity contribution is 0.567. The van der Waals surface area contributed by atoms with E-state index in [1.807, 2.05) is 0 Å². The van der Waals surface area contributed by atoms with Crippen molar-refractivity contribution in [1.82, 2.24) is 5.32 Å². The molecule has 0 saturated heterocycles. The molecule has 0 aliphatic rings. The van der Waals surface area contributed by atoms with Crippen molar-refractivity contribution in [3.05, 3.63) is 0 Å². The summed E-state index contributed by atoms with van der Waals surface area (Å²) in [4.78, 5) is 0. The molecule has 0 heterocycles. The van der Waals surface area contributed by atoms with E-state index in [2.05, 4.69) is 12.2 Å². The summed E-state index contributed by atoms with van der Waals surface area (Å²) in [6.07, 6.45) is 9.16. The van der Waals surface area contributed by atoms with Gasteiger partial charge in [0.15, 0.2) is 0 Å². The first-order valence-electron chi connectivity index (χ1n) is 5.82. The second kappa shape index (κ2) is 11.9. The van der Waals surface area contributed by atoms with E-state index in [0.29, 0.717) is 0 Å². The fourth-order valence-corrected chi connectivity index (χ4v) is 1.35. The molecule has 2 nitrogen and oxygen atoms in total. The van der Waals surface area contributed by atoms with Crippen molar-refractivity contribution in [1.29, 1.82) is 0 Å². The van der Waals surface area contributed by atoms with Gasteiger partial charge in [-0.1, -0.05) is 32.6 Å². The topological polar surface area (TPSA) is 38.0 Å². The maximum atomic E-state index is 5.41. The molecule has 0 bridgehead atoms. The molecule has 3 N–H and O–H groups in total. The second-order valence-corrected chi connectivity index (χ2v) is 3.66. The average Bonchev–Trinajstić information content (AvgIpc) is 2.16. The number of nitrogens with two attached hydrogens (primary N) is 1. The lowest BCUT2D eigenvalue weighted by Crippen LogP contribution is -2.16. The predicted octanol–water partition coefficient (Wildman–Crippen LogP) is 2.29. The molecule has 2 heteroatoms. The molecule has 0 fully saturated rings. The highest BCUT2D eigenvalue weighted by atomic mass is 14.8. The lowest BCUT2D eigenvalue weighted by atomic mass is 10.1. The van der Waals surface area contributed by atoms with Crippen molar-refractivity contribution in [2.24, 2.45) is 5.73 Å². The second-order valence-electron chi connectivity index (χ2n) is 3.66. The van der Waals surface area contributed by atoms with Crippen LogP contribution < -0.4 is 11.1 Å². The summed E-state index contributed by atoms with van der Waals surface area (Å²) in [6, 6.07) is 0. The number of unbranched alkanes of at least 4 members (excludes halogenated alkanes) is 5. The van der Waals surface area contributed by atoms with Gasteiger partial charge < -0.3 is 11.1 Å². The van der Waals surface area contributed by atoms with Crippen LogP contribution in [0.5, 0.6) is 0 Å². The van der Waals surface area contributed by atoms with E-state index in [1.165, 1.54) is 58.0 Å². The van der Waals surface area contributed by atoms with Crippen LogP contribution in [0.1, 0.15) is 51.9 Å². The Hall–Kier alpha value is -0.0800. The standard InChI is InChI=1S/C11H26N2/c1-2-3-10-13-11-8-6-4-5-7-9-12/h13H,2-12H2,1H3. The van der Waals surface area contributed by atoms with E-state index in [-0.39, 0.29) is 0 Å². The van der Waals surface area contributed by atoms with Gasteiger partial charge in [0, 0.05) is 0 Å². The first-order chi connectivity index (χ1) is 6.41. The summed E-state index contributed by atoms with van der Waals surface area (Å²) in [5.41, 5.74) is 5.41. The molecule has 0 aliphatic carbocycles. The van der Waals surface area contributed by atoms with E-state index in [1.54, 1.807) is 0 Å². The summed E-state index contributed by atoms with van der Waals surface area (Å²) < 4.78 is 0. The molecular formula is C11H26N2. The van der Waals surface area contributed by atoms with Crippen molar-refractivity contribution in [2.45, 2.75) is 51.9 Å². The van der Waals surface area contributed by atoms with E-state index in [0.717, 1.165) is 6.54 Å². The molecule has 0 saturated carbocycles. The molecule has 0 amide bonds. The summed E-state index contributed by atoms with van der Waals surface area (Å²) in [5, 5.41) is 3.45. The molecule has 0 spiro atoms. The minimum absolute atomic E-state index is 0.856. The van der Waals surface area contributed by atoms with Gasteiger partial charge in [-0.15, -0.1) is 0 Å². The Balaban J connectivity index is 2.76. The molecule has 0 aromatic carbocycles. The predicted molar refractivity (Wildman–Crippen MR) is 59.9 cm³/mol. The highest BCUT2D eigenvalue weighted by Crippen LogP contribution is 2.00. The number of nitrogens with one attached hydrogen (secondary N) is 1. The van der Waals surface area contributed by atoms with Crippen LogP contribution in [0, 0.1) is 0 Å². The minimum atomic E-state index is 0.856. The van der Waals surface area contributed by atoms with Gasteiger partial charge in [-0.2, -0.15) is 0 Å². The minimum Gasteiger partial charge on any atom is -0.330 e. The van der Waals surface area contributed by atoms with Crippen molar-refractivity contribution >= 4 is 0 Å². The smallest absolute Gasteiger partial charge is 0.00489 e. The maximum Gasteiger partial charge on any atom is -0.00489 e. The summed E-state index contributed by atoms with van der Waals surface area (Å²) in [7, 11) is 0. The van der Waals surface area contributed by atoms with Crippen LogP contribution >= 0.6 is 0 Å². The van der Waals surface area contributed by atoms with E-state index < -0.39 is 0 Å². The molecule has 0 aromatic rings. The van der Waals surface area contributed by atoms with Crippen LogP contribution in [0.3, 0.4) is 0 Å². The fraction of sp³-hybridized carbons (Fsp3) is 1.00. The van der Waals surface area contributed by atoms with Crippen molar-refractivity contribution in [2.75, 3.05) is 19.6 Å². The Bertz CT molecular complexity index is 74.2.